The number of nitrogens with one attached hydrogen (secondary N) is 1. The van der Waals surface area contributed by atoms with E-state index in [0.717, 1.165) is 29.4 Å². The van der Waals surface area contributed by atoms with Gasteiger partial charge in [0.2, 0.25) is 0 Å². The minimum atomic E-state index is -0.0139. The molecule has 0 aliphatic rings. The van der Waals surface area contributed by atoms with Crippen LogP contribution in [0.3, 0.4) is 0 Å². The van der Waals surface area contributed by atoms with Crippen LogP contribution in [0.1, 0.15) is 36.5 Å². The number of ether oxygens (including phenoxy) is 1. The van der Waals surface area contributed by atoms with Crippen molar-refractivity contribution in [2.75, 3.05) is 19.8 Å². The van der Waals surface area contributed by atoms with Gasteiger partial charge in [-0.2, -0.15) is 0 Å². The highest BCUT2D eigenvalue weighted by atomic mass is 127. The van der Waals surface area contributed by atoms with Crippen LogP contribution in [-0.4, -0.2) is 25.7 Å². The van der Waals surface area contributed by atoms with Crippen molar-refractivity contribution >= 4 is 28.5 Å². The van der Waals surface area contributed by atoms with Crippen LogP contribution in [0.2, 0.25) is 0 Å². The second-order valence-corrected chi connectivity index (χ2v) is 5.33. The largest absolute Gasteiger partial charge is 0.381 e. The number of amides is 1. The molecule has 0 spiro atoms. The molecule has 0 saturated heterocycles. The van der Waals surface area contributed by atoms with E-state index in [9.17, 15) is 4.79 Å². The fourth-order valence-corrected chi connectivity index (χ4v) is 1.79. The molecule has 0 atom stereocenters. The zero-order chi connectivity index (χ0) is 13.2. The molecule has 0 fully saturated rings. The van der Waals surface area contributed by atoms with E-state index in [1.807, 2.05) is 24.3 Å². The van der Waals surface area contributed by atoms with Crippen LogP contribution >= 0.6 is 22.6 Å². The highest BCUT2D eigenvalue weighted by Crippen LogP contribution is 2.06. The Balaban J connectivity index is 2.12. The summed E-state index contributed by atoms with van der Waals surface area (Å²) in [5.74, 6) is -0.0139. The van der Waals surface area contributed by atoms with Crippen LogP contribution < -0.4 is 5.32 Å². The van der Waals surface area contributed by atoms with Gasteiger partial charge in [-0.15, -0.1) is 0 Å². The summed E-state index contributed by atoms with van der Waals surface area (Å²) in [7, 11) is 0. The second kappa shape index (κ2) is 9.33. The summed E-state index contributed by atoms with van der Waals surface area (Å²) in [6.45, 7) is 4.34. The van der Waals surface area contributed by atoms with Crippen molar-refractivity contribution in [1.29, 1.82) is 0 Å². The molecule has 1 N–H and O–H groups in total. The predicted molar refractivity (Wildman–Crippen MR) is 81.8 cm³/mol. The molecule has 1 aromatic rings. The van der Waals surface area contributed by atoms with Gasteiger partial charge < -0.3 is 10.1 Å². The Kier molecular flexibility index (Phi) is 8.00. The fraction of sp³-hybridized carbons (Fsp3) is 0.500. The number of carbonyl (C=O) groups excluding carboxylic acids is 1. The summed E-state index contributed by atoms with van der Waals surface area (Å²) < 4.78 is 6.56. The van der Waals surface area contributed by atoms with E-state index in [0.29, 0.717) is 18.7 Å². The molecule has 3 nitrogen and oxygen atoms in total. The lowest BCUT2D eigenvalue weighted by atomic mass is 10.2. The molecule has 0 bridgehead atoms. The molecule has 100 valence electrons. The highest BCUT2D eigenvalue weighted by Gasteiger charge is 2.03. The average molecular weight is 361 g/mol. The van der Waals surface area contributed by atoms with Gasteiger partial charge in [0.05, 0.1) is 0 Å². The maximum atomic E-state index is 11.7. The summed E-state index contributed by atoms with van der Waals surface area (Å²) >= 11 is 2.22. The smallest absolute Gasteiger partial charge is 0.251 e. The maximum Gasteiger partial charge on any atom is 0.251 e. The summed E-state index contributed by atoms with van der Waals surface area (Å²) in [5.41, 5.74) is 0.710. The fourth-order valence-electron chi connectivity index (χ4n) is 1.43. The first-order chi connectivity index (χ1) is 8.74. The van der Waals surface area contributed by atoms with Gasteiger partial charge in [0.25, 0.3) is 5.91 Å². The number of rotatable bonds is 8. The zero-order valence-electron chi connectivity index (χ0n) is 10.7. The standard InChI is InChI=1S/C14H20INO2/c1-2-3-10-18-11-4-9-16-14(17)12-5-7-13(15)8-6-12/h5-8H,2-4,9-11H2,1H3,(H,16,17). The third-order valence-corrected chi connectivity index (χ3v) is 3.22. The molecule has 0 aliphatic heterocycles. The van der Waals surface area contributed by atoms with Crippen LogP contribution in [0.5, 0.6) is 0 Å². The lowest BCUT2D eigenvalue weighted by molar-refractivity contribution is 0.0940. The van der Waals surface area contributed by atoms with E-state index in [4.69, 9.17) is 4.74 Å². The Morgan fingerprint density at radius 3 is 2.56 bits per heavy atom. The molecule has 0 radical (unpaired) electrons. The Morgan fingerprint density at radius 2 is 1.89 bits per heavy atom. The molecule has 0 unspecified atom stereocenters. The van der Waals surface area contributed by atoms with E-state index in [1.165, 1.54) is 0 Å². The summed E-state index contributed by atoms with van der Waals surface area (Å²) in [4.78, 5) is 11.7. The quantitative estimate of drug-likeness (QED) is 0.570. The monoisotopic (exact) mass is 361 g/mol. The van der Waals surface area contributed by atoms with Gasteiger partial charge in [-0.1, -0.05) is 13.3 Å². The molecule has 4 heteroatoms. The molecule has 1 amide bonds. The van der Waals surface area contributed by atoms with Gasteiger partial charge in [0.1, 0.15) is 0 Å². The maximum absolute atomic E-state index is 11.7. The van der Waals surface area contributed by atoms with Crippen molar-refractivity contribution in [2.45, 2.75) is 26.2 Å². The van der Waals surface area contributed by atoms with Crippen molar-refractivity contribution in [3.05, 3.63) is 33.4 Å². The van der Waals surface area contributed by atoms with Crippen molar-refractivity contribution in [3.63, 3.8) is 0 Å². The lowest BCUT2D eigenvalue weighted by Crippen LogP contribution is -2.25. The second-order valence-electron chi connectivity index (χ2n) is 4.08. The number of hydrogen-bond donors (Lipinski definition) is 1. The highest BCUT2D eigenvalue weighted by molar-refractivity contribution is 14.1. The first-order valence-corrected chi connectivity index (χ1v) is 7.43. The van der Waals surface area contributed by atoms with Crippen LogP contribution in [0.4, 0.5) is 0 Å². The molecular weight excluding hydrogens is 341 g/mol. The van der Waals surface area contributed by atoms with Gasteiger partial charge in [0.15, 0.2) is 0 Å². The number of unbranched alkanes of at least 4 members (excludes halogenated alkanes) is 1. The first kappa shape index (κ1) is 15.4. The number of benzene rings is 1. The Morgan fingerprint density at radius 1 is 1.22 bits per heavy atom. The number of hydrogen-bond acceptors (Lipinski definition) is 2. The van der Waals surface area contributed by atoms with Crippen LogP contribution in [0, 0.1) is 3.57 Å². The number of halogens is 1. The number of carbonyl (C=O) groups is 1. The molecule has 0 aromatic heterocycles. The van der Waals surface area contributed by atoms with Crippen LogP contribution in [0.15, 0.2) is 24.3 Å². The third-order valence-electron chi connectivity index (χ3n) is 2.50. The van der Waals surface area contributed by atoms with Gasteiger partial charge in [-0.3, -0.25) is 4.79 Å². The van der Waals surface area contributed by atoms with E-state index >= 15 is 0 Å². The van der Waals surface area contributed by atoms with Crippen LogP contribution in [-0.2, 0) is 4.74 Å². The van der Waals surface area contributed by atoms with Gasteiger partial charge in [-0.05, 0) is 59.7 Å². The Hall–Kier alpha value is -0.620. The molecule has 0 heterocycles. The minimum absolute atomic E-state index is 0.0139. The van der Waals surface area contributed by atoms with Gasteiger partial charge in [0, 0.05) is 28.9 Å². The zero-order valence-corrected chi connectivity index (χ0v) is 12.9. The van der Waals surface area contributed by atoms with Crippen molar-refractivity contribution in [2.24, 2.45) is 0 Å². The normalized spacial score (nSPS) is 10.3. The molecule has 18 heavy (non-hydrogen) atoms. The molecule has 1 rings (SSSR count). The molecule has 0 aliphatic carbocycles. The van der Waals surface area contributed by atoms with Crippen molar-refractivity contribution < 1.29 is 9.53 Å². The topological polar surface area (TPSA) is 38.3 Å². The van der Waals surface area contributed by atoms with Gasteiger partial charge >= 0.3 is 0 Å². The minimum Gasteiger partial charge on any atom is -0.381 e. The third kappa shape index (κ3) is 6.35. The lowest BCUT2D eigenvalue weighted by Gasteiger charge is -2.06. The summed E-state index contributed by atoms with van der Waals surface area (Å²) in [5, 5.41) is 2.89. The molecule has 0 saturated carbocycles. The summed E-state index contributed by atoms with van der Waals surface area (Å²) in [6.07, 6.45) is 3.12. The summed E-state index contributed by atoms with van der Waals surface area (Å²) in [6, 6.07) is 7.55. The van der Waals surface area contributed by atoms with Gasteiger partial charge in [-0.25, -0.2) is 0 Å². The predicted octanol–water partition coefficient (Wildman–Crippen LogP) is 3.23. The van der Waals surface area contributed by atoms with Crippen molar-refractivity contribution in [1.82, 2.24) is 5.32 Å². The van der Waals surface area contributed by atoms with E-state index in [2.05, 4.69) is 34.8 Å². The van der Waals surface area contributed by atoms with Crippen LogP contribution in [0.25, 0.3) is 0 Å². The Bertz CT molecular complexity index is 351. The molecular formula is C14H20INO2. The Labute approximate surface area is 122 Å². The van der Waals surface area contributed by atoms with E-state index in [1.54, 1.807) is 0 Å². The first-order valence-electron chi connectivity index (χ1n) is 6.35. The van der Waals surface area contributed by atoms with E-state index in [-0.39, 0.29) is 5.91 Å². The average Bonchev–Trinajstić information content (AvgIpc) is 2.38. The molecule has 1 aromatic carbocycles. The van der Waals surface area contributed by atoms with Crippen molar-refractivity contribution in [3.8, 4) is 0 Å². The van der Waals surface area contributed by atoms with E-state index < -0.39 is 0 Å². The SMILES string of the molecule is CCCCOCCCNC(=O)c1ccc(I)cc1.